The van der Waals surface area contributed by atoms with Gasteiger partial charge in [-0.1, -0.05) is 0 Å². The van der Waals surface area contributed by atoms with E-state index in [0.717, 1.165) is 25.9 Å². The number of hydrogen-bond donors (Lipinski definition) is 2. The van der Waals surface area contributed by atoms with Gasteiger partial charge in [-0.25, -0.2) is 0 Å². The number of carbonyl (C=O) groups is 2. The number of methoxy groups -OCH3 is 1. The number of rotatable bonds is 7. The predicted octanol–water partition coefficient (Wildman–Crippen LogP) is 0.383. The van der Waals surface area contributed by atoms with Gasteiger partial charge in [0.25, 0.3) is 11.8 Å². The van der Waals surface area contributed by atoms with E-state index in [-0.39, 0.29) is 18.6 Å². The van der Waals surface area contributed by atoms with Gasteiger partial charge in [0, 0.05) is 24.7 Å². The lowest BCUT2D eigenvalue weighted by Crippen LogP contribution is -2.40. The number of nitrogens with two attached hydrogens (primary N) is 1. The molecule has 3 N–H and O–H groups in total. The molecule has 0 radical (unpaired) electrons. The van der Waals surface area contributed by atoms with E-state index in [1.54, 1.807) is 18.2 Å². The first-order valence-corrected chi connectivity index (χ1v) is 7.61. The smallest absolute Gasteiger partial charge is 0.255 e. The Kier molecular flexibility index (Phi) is 5.81. The second-order valence-electron chi connectivity index (χ2n) is 5.47. The summed E-state index contributed by atoms with van der Waals surface area (Å²) in [6, 6.07) is 5.14. The molecule has 1 aromatic carbocycles. The van der Waals surface area contributed by atoms with Crippen LogP contribution >= 0.6 is 0 Å². The molecule has 1 atom stereocenters. The van der Waals surface area contributed by atoms with Crippen LogP contribution in [0.3, 0.4) is 0 Å². The van der Waals surface area contributed by atoms with Crippen LogP contribution in [-0.4, -0.2) is 56.6 Å². The SMILES string of the molecule is CNCC1CCCN1C(=O)c1ccc(OCC(N)=O)c(OC)c1. The van der Waals surface area contributed by atoms with Gasteiger partial charge in [0.1, 0.15) is 0 Å². The van der Waals surface area contributed by atoms with E-state index in [9.17, 15) is 9.59 Å². The zero-order valence-corrected chi connectivity index (χ0v) is 13.5. The molecule has 1 saturated heterocycles. The molecule has 1 unspecified atom stereocenters. The highest BCUT2D eigenvalue weighted by molar-refractivity contribution is 5.95. The topological polar surface area (TPSA) is 93.9 Å². The Morgan fingerprint density at radius 3 is 2.83 bits per heavy atom. The molecule has 7 nitrogen and oxygen atoms in total. The summed E-state index contributed by atoms with van der Waals surface area (Å²) in [4.78, 5) is 25.4. The Balaban J connectivity index is 2.16. The van der Waals surface area contributed by atoms with E-state index in [4.69, 9.17) is 15.2 Å². The number of likely N-dealkylation sites (N-methyl/N-ethyl adjacent to an activating group) is 1. The summed E-state index contributed by atoms with van der Waals surface area (Å²) in [5.41, 5.74) is 5.60. The third-order valence-electron chi connectivity index (χ3n) is 3.86. The summed E-state index contributed by atoms with van der Waals surface area (Å²) in [6.45, 7) is 1.30. The molecule has 0 aromatic heterocycles. The highest BCUT2D eigenvalue weighted by atomic mass is 16.5. The van der Waals surface area contributed by atoms with Gasteiger partial charge >= 0.3 is 0 Å². The van der Waals surface area contributed by atoms with Gasteiger partial charge < -0.3 is 25.4 Å². The molecule has 0 bridgehead atoms. The van der Waals surface area contributed by atoms with Crippen LogP contribution in [0.2, 0.25) is 0 Å². The van der Waals surface area contributed by atoms with Crippen molar-refractivity contribution in [2.75, 3.05) is 33.9 Å². The van der Waals surface area contributed by atoms with Crippen molar-refractivity contribution in [1.82, 2.24) is 10.2 Å². The molecule has 1 fully saturated rings. The number of primary amides is 1. The maximum absolute atomic E-state index is 12.7. The van der Waals surface area contributed by atoms with Gasteiger partial charge in [-0.05, 0) is 38.1 Å². The molecule has 1 aliphatic heterocycles. The van der Waals surface area contributed by atoms with Gasteiger partial charge in [0.15, 0.2) is 18.1 Å². The molecule has 1 aromatic rings. The lowest BCUT2D eigenvalue weighted by atomic mass is 10.1. The second-order valence-corrected chi connectivity index (χ2v) is 5.47. The average molecular weight is 321 g/mol. The van der Waals surface area contributed by atoms with Crippen molar-refractivity contribution in [3.05, 3.63) is 23.8 Å². The van der Waals surface area contributed by atoms with Crippen molar-refractivity contribution >= 4 is 11.8 Å². The van der Waals surface area contributed by atoms with Crippen molar-refractivity contribution in [1.29, 1.82) is 0 Å². The molecule has 1 aliphatic rings. The predicted molar refractivity (Wildman–Crippen MR) is 85.7 cm³/mol. The van der Waals surface area contributed by atoms with Crippen LogP contribution < -0.4 is 20.5 Å². The third-order valence-corrected chi connectivity index (χ3v) is 3.86. The van der Waals surface area contributed by atoms with E-state index in [2.05, 4.69) is 5.32 Å². The lowest BCUT2D eigenvalue weighted by molar-refractivity contribution is -0.119. The fourth-order valence-corrected chi connectivity index (χ4v) is 2.79. The highest BCUT2D eigenvalue weighted by Gasteiger charge is 2.29. The number of hydrogen-bond acceptors (Lipinski definition) is 5. The zero-order valence-electron chi connectivity index (χ0n) is 13.5. The van der Waals surface area contributed by atoms with Gasteiger partial charge in [-0.2, -0.15) is 0 Å². The van der Waals surface area contributed by atoms with Crippen LogP contribution in [0.25, 0.3) is 0 Å². The second kappa shape index (κ2) is 7.82. The number of carbonyl (C=O) groups excluding carboxylic acids is 2. The molecular weight excluding hydrogens is 298 g/mol. The van der Waals surface area contributed by atoms with E-state index >= 15 is 0 Å². The average Bonchev–Trinajstić information content (AvgIpc) is 3.00. The van der Waals surface area contributed by atoms with E-state index in [1.165, 1.54) is 7.11 Å². The Hall–Kier alpha value is -2.28. The molecule has 2 amide bonds. The van der Waals surface area contributed by atoms with Gasteiger partial charge in [0.05, 0.1) is 7.11 Å². The Bertz CT molecular complexity index is 576. The van der Waals surface area contributed by atoms with Crippen molar-refractivity contribution in [2.24, 2.45) is 5.73 Å². The highest BCUT2D eigenvalue weighted by Crippen LogP contribution is 2.29. The van der Waals surface area contributed by atoms with Crippen LogP contribution in [0.15, 0.2) is 18.2 Å². The Morgan fingerprint density at radius 2 is 2.17 bits per heavy atom. The number of amides is 2. The van der Waals surface area contributed by atoms with Crippen LogP contribution in [0, 0.1) is 0 Å². The molecule has 0 aliphatic carbocycles. The number of benzene rings is 1. The first-order chi connectivity index (χ1) is 11.1. The van der Waals surface area contributed by atoms with Gasteiger partial charge in [0.2, 0.25) is 0 Å². The molecule has 7 heteroatoms. The normalized spacial score (nSPS) is 17.1. The molecule has 0 saturated carbocycles. The van der Waals surface area contributed by atoms with Crippen molar-refractivity contribution in [3.63, 3.8) is 0 Å². The van der Waals surface area contributed by atoms with Gasteiger partial charge in [-0.3, -0.25) is 9.59 Å². The number of nitrogens with one attached hydrogen (secondary N) is 1. The van der Waals surface area contributed by atoms with Crippen LogP contribution in [0.1, 0.15) is 23.2 Å². The Labute approximate surface area is 135 Å². The number of ether oxygens (including phenoxy) is 2. The van der Waals surface area contributed by atoms with E-state index in [0.29, 0.717) is 17.1 Å². The van der Waals surface area contributed by atoms with Crippen LogP contribution in [-0.2, 0) is 4.79 Å². The molecule has 0 spiro atoms. The summed E-state index contributed by atoms with van der Waals surface area (Å²) in [7, 11) is 3.37. The third kappa shape index (κ3) is 4.13. The van der Waals surface area contributed by atoms with Gasteiger partial charge in [-0.15, -0.1) is 0 Å². The van der Waals surface area contributed by atoms with E-state index < -0.39 is 5.91 Å². The maximum Gasteiger partial charge on any atom is 0.255 e. The number of nitrogens with zero attached hydrogens (tertiary/aromatic N) is 1. The molecule has 2 rings (SSSR count). The van der Waals surface area contributed by atoms with Crippen molar-refractivity contribution in [3.8, 4) is 11.5 Å². The number of likely N-dealkylation sites (tertiary alicyclic amines) is 1. The summed E-state index contributed by atoms with van der Waals surface area (Å²) in [6.07, 6.45) is 2.01. The molecule has 126 valence electrons. The summed E-state index contributed by atoms with van der Waals surface area (Å²) in [5.74, 6) is 0.194. The largest absolute Gasteiger partial charge is 0.493 e. The fourth-order valence-electron chi connectivity index (χ4n) is 2.79. The summed E-state index contributed by atoms with van der Waals surface area (Å²) >= 11 is 0. The first-order valence-electron chi connectivity index (χ1n) is 7.61. The summed E-state index contributed by atoms with van der Waals surface area (Å²) < 4.78 is 10.5. The summed E-state index contributed by atoms with van der Waals surface area (Å²) in [5, 5.41) is 3.12. The zero-order chi connectivity index (χ0) is 16.8. The van der Waals surface area contributed by atoms with E-state index in [1.807, 2.05) is 11.9 Å². The van der Waals surface area contributed by atoms with Crippen molar-refractivity contribution < 1.29 is 19.1 Å². The fraction of sp³-hybridized carbons (Fsp3) is 0.500. The lowest BCUT2D eigenvalue weighted by Gasteiger charge is -2.25. The quantitative estimate of drug-likeness (QED) is 0.757. The Morgan fingerprint density at radius 1 is 1.39 bits per heavy atom. The minimum Gasteiger partial charge on any atom is -0.493 e. The first kappa shape index (κ1) is 17.1. The molecular formula is C16H23N3O4. The minimum atomic E-state index is -0.570. The van der Waals surface area contributed by atoms with Crippen molar-refractivity contribution in [2.45, 2.75) is 18.9 Å². The monoisotopic (exact) mass is 321 g/mol. The minimum absolute atomic E-state index is 0.0255. The molecule has 1 heterocycles. The van der Waals surface area contributed by atoms with Crippen LogP contribution in [0.5, 0.6) is 11.5 Å². The van der Waals surface area contributed by atoms with Crippen LogP contribution in [0.4, 0.5) is 0 Å². The standard InChI is InChI=1S/C16H23N3O4/c1-18-9-12-4-3-7-19(12)16(21)11-5-6-13(14(8-11)22-2)23-10-15(17)20/h5-6,8,12,18H,3-4,7,9-10H2,1-2H3,(H2,17,20). The maximum atomic E-state index is 12.7. The molecule has 23 heavy (non-hydrogen) atoms.